The van der Waals surface area contributed by atoms with Gasteiger partial charge in [0.15, 0.2) is 12.6 Å². The molecule has 2 aliphatic heterocycles. The summed E-state index contributed by atoms with van der Waals surface area (Å²) in [5, 5.41) is 70.0. The molecule has 0 amide bonds. The fourth-order valence-corrected chi connectivity index (χ4v) is 4.05. The molecule has 0 bridgehead atoms. The summed E-state index contributed by atoms with van der Waals surface area (Å²) in [5.41, 5.74) is 0. The van der Waals surface area contributed by atoms with Gasteiger partial charge in [0.2, 0.25) is 0 Å². The number of rotatable bonds is 11. The van der Waals surface area contributed by atoms with Gasteiger partial charge in [0.25, 0.3) is 0 Å². The van der Waals surface area contributed by atoms with Crippen molar-refractivity contribution < 1.29 is 54.7 Å². The molecule has 4 unspecified atom stereocenters. The second kappa shape index (κ2) is 12.7. The average molecular weight is 455 g/mol. The van der Waals surface area contributed by atoms with Crippen molar-refractivity contribution in [3.63, 3.8) is 0 Å². The topological polar surface area (TPSA) is 179 Å². The van der Waals surface area contributed by atoms with E-state index in [9.17, 15) is 35.7 Å². The SMILES string of the molecule is CCCC(CCC)CO[C@@H]1OC(CO)[C@@H](O[C@H]2OC(CO)[C@@H](O)[C@H](O)C2O)C(O)[C@@H]1O. The Morgan fingerprint density at radius 3 is 1.81 bits per heavy atom. The van der Waals surface area contributed by atoms with Crippen LogP contribution in [0.25, 0.3) is 0 Å². The molecule has 7 N–H and O–H groups in total. The molecule has 31 heavy (non-hydrogen) atoms. The number of aliphatic hydroxyl groups is 7. The molecule has 11 heteroatoms. The summed E-state index contributed by atoms with van der Waals surface area (Å²) >= 11 is 0. The van der Waals surface area contributed by atoms with Crippen LogP contribution in [0.15, 0.2) is 0 Å². The number of hydrogen-bond acceptors (Lipinski definition) is 11. The van der Waals surface area contributed by atoms with Gasteiger partial charge < -0.3 is 54.7 Å². The fourth-order valence-electron chi connectivity index (χ4n) is 4.05. The second-order valence-corrected chi connectivity index (χ2v) is 8.28. The smallest absolute Gasteiger partial charge is 0.187 e. The molecule has 0 aromatic rings. The molecule has 2 aliphatic rings. The molecular formula is C20H38O11. The van der Waals surface area contributed by atoms with Crippen LogP contribution < -0.4 is 0 Å². The van der Waals surface area contributed by atoms with Crippen LogP contribution in [-0.4, -0.2) is 117 Å². The van der Waals surface area contributed by atoms with Crippen LogP contribution in [0.4, 0.5) is 0 Å². The summed E-state index contributed by atoms with van der Waals surface area (Å²) in [6.45, 7) is 3.24. The molecule has 10 atom stereocenters. The lowest BCUT2D eigenvalue weighted by Crippen LogP contribution is -2.64. The van der Waals surface area contributed by atoms with E-state index in [1.807, 2.05) is 0 Å². The molecule has 0 spiro atoms. The Bertz CT molecular complexity index is 500. The molecule has 0 radical (unpaired) electrons. The van der Waals surface area contributed by atoms with Gasteiger partial charge >= 0.3 is 0 Å². The normalized spacial score (nSPS) is 41.6. The molecular weight excluding hydrogens is 416 g/mol. The zero-order valence-corrected chi connectivity index (χ0v) is 18.1. The van der Waals surface area contributed by atoms with Crippen LogP contribution in [0.2, 0.25) is 0 Å². The Hall–Kier alpha value is -0.440. The zero-order valence-electron chi connectivity index (χ0n) is 18.1. The number of aliphatic hydroxyl groups excluding tert-OH is 7. The Labute approximate surface area is 182 Å². The minimum atomic E-state index is -1.70. The quantitative estimate of drug-likeness (QED) is 0.181. The Kier molecular flexibility index (Phi) is 11.0. The number of hydrogen-bond donors (Lipinski definition) is 7. The Morgan fingerprint density at radius 1 is 0.710 bits per heavy atom. The molecule has 11 nitrogen and oxygen atoms in total. The van der Waals surface area contributed by atoms with Crippen molar-refractivity contribution >= 4 is 0 Å². The first kappa shape index (κ1) is 26.8. The highest BCUT2D eigenvalue weighted by molar-refractivity contribution is 4.94. The van der Waals surface area contributed by atoms with Crippen molar-refractivity contribution in [3.8, 4) is 0 Å². The Balaban J connectivity index is 2.03. The highest BCUT2D eigenvalue weighted by Crippen LogP contribution is 2.30. The van der Waals surface area contributed by atoms with Crippen LogP contribution >= 0.6 is 0 Å². The van der Waals surface area contributed by atoms with E-state index in [0.29, 0.717) is 6.61 Å². The lowest BCUT2D eigenvalue weighted by Gasteiger charge is -2.46. The summed E-state index contributed by atoms with van der Waals surface area (Å²) in [7, 11) is 0. The van der Waals surface area contributed by atoms with Crippen LogP contribution in [0.1, 0.15) is 39.5 Å². The number of ether oxygens (including phenoxy) is 4. The van der Waals surface area contributed by atoms with E-state index in [1.54, 1.807) is 0 Å². The monoisotopic (exact) mass is 454 g/mol. The van der Waals surface area contributed by atoms with Crippen LogP contribution in [0.3, 0.4) is 0 Å². The first-order valence-electron chi connectivity index (χ1n) is 11.0. The lowest BCUT2D eigenvalue weighted by atomic mass is 9.96. The standard InChI is InChI=1S/C20H38O11/c1-3-5-10(6-4-2)9-28-19-17(27)15(25)18(12(8-22)30-19)31-20-16(26)14(24)13(23)11(7-21)29-20/h10-27H,3-9H2,1-2H3/t11?,12?,13-,14+,15?,16?,17+,18-,19-,20-/m1/s1. The van der Waals surface area contributed by atoms with Gasteiger partial charge in [-0.1, -0.05) is 26.7 Å². The molecule has 0 aromatic heterocycles. The maximum absolute atomic E-state index is 10.6. The highest BCUT2D eigenvalue weighted by Gasteiger charge is 2.50. The van der Waals surface area contributed by atoms with Gasteiger partial charge in [0, 0.05) is 0 Å². The van der Waals surface area contributed by atoms with E-state index >= 15 is 0 Å². The third kappa shape index (κ3) is 6.55. The summed E-state index contributed by atoms with van der Waals surface area (Å²) in [4.78, 5) is 0. The van der Waals surface area contributed by atoms with Crippen molar-refractivity contribution in [2.24, 2.45) is 5.92 Å². The van der Waals surface area contributed by atoms with Gasteiger partial charge in [0.05, 0.1) is 19.8 Å². The lowest BCUT2D eigenvalue weighted by molar-refractivity contribution is -0.360. The van der Waals surface area contributed by atoms with Gasteiger partial charge in [-0.25, -0.2) is 0 Å². The third-order valence-corrected chi connectivity index (χ3v) is 5.85. The predicted octanol–water partition coefficient (Wildman–Crippen LogP) is -2.16. The molecule has 2 rings (SSSR count). The average Bonchev–Trinajstić information content (AvgIpc) is 2.76. The van der Waals surface area contributed by atoms with Crippen molar-refractivity contribution in [1.29, 1.82) is 0 Å². The second-order valence-electron chi connectivity index (χ2n) is 8.28. The maximum Gasteiger partial charge on any atom is 0.187 e. The summed E-state index contributed by atoms with van der Waals surface area (Å²) in [6, 6.07) is 0. The third-order valence-electron chi connectivity index (χ3n) is 5.85. The van der Waals surface area contributed by atoms with E-state index in [-0.39, 0.29) is 5.92 Å². The minimum Gasteiger partial charge on any atom is -0.394 e. The van der Waals surface area contributed by atoms with Crippen molar-refractivity contribution in [2.45, 2.75) is 101 Å². The molecule has 0 saturated carbocycles. The molecule has 2 fully saturated rings. The minimum absolute atomic E-state index is 0.276. The van der Waals surface area contributed by atoms with Gasteiger partial charge in [-0.2, -0.15) is 0 Å². The summed E-state index contributed by atoms with van der Waals surface area (Å²) in [6.07, 6.45) is -10.5. The Morgan fingerprint density at radius 2 is 1.26 bits per heavy atom. The fraction of sp³-hybridized carbons (Fsp3) is 1.00. The summed E-state index contributed by atoms with van der Waals surface area (Å²) in [5.74, 6) is 0.276. The first-order chi connectivity index (χ1) is 14.8. The van der Waals surface area contributed by atoms with Gasteiger partial charge in [-0.05, 0) is 18.8 Å². The largest absolute Gasteiger partial charge is 0.394 e. The zero-order chi connectivity index (χ0) is 23.1. The van der Waals surface area contributed by atoms with E-state index in [2.05, 4.69) is 13.8 Å². The van der Waals surface area contributed by atoms with Crippen molar-refractivity contribution in [1.82, 2.24) is 0 Å². The van der Waals surface area contributed by atoms with E-state index in [0.717, 1.165) is 25.7 Å². The molecule has 0 aliphatic carbocycles. The van der Waals surface area contributed by atoms with E-state index in [4.69, 9.17) is 18.9 Å². The maximum atomic E-state index is 10.6. The van der Waals surface area contributed by atoms with Crippen molar-refractivity contribution in [3.05, 3.63) is 0 Å². The first-order valence-corrected chi connectivity index (χ1v) is 11.0. The molecule has 2 heterocycles. The summed E-state index contributed by atoms with van der Waals surface area (Å²) < 4.78 is 22.1. The van der Waals surface area contributed by atoms with Crippen LogP contribution in [-0.2, 0) is 18.9 Å². The van der Waals surface area contributed by atoms with Gasteiger partial charge in [-0.15, -0.1) is 0 Å². The van der Waals surface area contributed by atoms with Gasteiger partial charge in [-0.3, -0.25) is 0 Å². The highest BCUT2D eigenvalue weighted by atomic mass is 16.7. The van der Waals surface area contributed by atoms with Gasteiger partial charge in [0.1, 0.15) is 48.8 Å². The van der Waals surface area contributed by atoms with E-state index in [1.165, 1.54) is 0 Å². The van der Waals surface area contributed by atoms with Crippen molar-refractivity contribution in [2.75, 3.05) is 19.8 Å². The molecule has 2 saturated heterocycles. The van der Waals surface area contributed by atoms with E-state index < -0.39 is 74.6 Å². The molecule has 0 aromatic carbocycles. The predicted molar refractivity (Wildman–Crippen MR) is 106 cm³/mol. The van der Waals surface area contributed by atoms with Crippen LogP contribution in [0, 0.1) is 5.92 Å². The van der Waals surface area contributed by atoms with Crippen LogP contribution in [0.5, 0.6) is 0 Å². The molecule has 184 valence electrons.